The Hall–Kier alpha value is -8.72. The van der Waals surface area contributed by atoms with E-state index >= 15 is 0 Å². The minimum absolute atomic E-state index is 1.09. The smallest absolute Gasteiger partial charge is 0.0464 e. The van der Waals surface area contributed by atoms with Crippen molar-refractivity contribution in [2.24, 2.45) is 0 Å². The molecule has 0 saturated carbocycles. The van der Waals surface area contributed by atoms with Gasteiger partial charge in [-0.1, -0.05) is 194 Å². The fourth-order valence-electron chi connectivity index (χ4n) is 8.94. The molecular weight excluding hydrogens is 821 g/mol. The Bertz CT molecular complexity index is 2970. The number of hydrogen-bond donors (Lipinski definition) is 0. The van der Waals surface area contributed by atoms with Crippen molar-refractivity contribution in [2.45, 2.75) is 13.8 Å². The minimum Gasteiger partial charge on any atom is -0.310 e. The van der Waals surface area contributed by atoms with E-state index in [1.807, 2.05) is 0 Å². The average molecular weight is 873 g/mol. The molecule has 0 unspecified atom stereocenters. The van der Waals surface area contributed by atoms with Crippen molar-refractivity contribution in [2.75, 3.05) is 9.80 Å². The summed E-state index contributed by atoms with van der Waals surface area (Å²) in [5.74, 6) is 0. The summed E-state index contributed by atoms with van der Waals surface area (Å²) in [5.41, 5.74) is 20.8. The first-order valence-electron chi connectivity index (χ1n) is 23.3. The van der Waals surface area contributed by atoms with Crippen molar-refractivity contribution in [3.05, 3.63) is 311 Å². The van der Waals surface area contributed by atoms with Gasteiger partial charge in [0.1, 0.15) is 0 Å². The molecule has 10 aromatic carbocycles. The lowest BCUT2D eigenvalue weighted by Gasteiger charge is -2.27. The number of hydrogen-bond acceptors (Lipinski definition) is 2. The van der Waals surface area contributed by atoms with E-state index < -0.39 is 0 Å². The monoisotopic (exact) mass is 872 g/mol. The van der Waals surface area contributed by atoms with Gasteiger partial charge in [-0.25, -0.2) is 0 Å². The van der Waals surface area contributed by atoms with Gasteiger partial charge in [0.2, 0.25) is 0 Å². The van der Waals surface area contributed by atoms with Gasteiger partial charge in [-0.15, -0.1) is 0 Å². The quantitative estimate of drug-likeness (QED) is 0.107. The van der Waals surface area contributed by atoms with Gasteiger partial charge >= 0.3 is 0 Å². The third-order valence-electron chi connectivity index (χ3n) is 12.4. The van der Waals surface area contributed by atoms with Gasteiger partial charge in [0.15, 0.2) is 0 Å². The Morgan fingerprint density at radius 1 is 0.265 bits per heavy atom. The van der Waals surface area contributed by atoms with E-state index in [9.17, 15) is 0 Å². The predicted octanol–water partition coefficient (Wildman–Crippen LogP) is 18.1. The molecule has 0 atom stereocenters. The van der Waals surface area contributed by atoms with Crippen molar-refractivity contribution < 1.29 is 0 Å². The highest BCUT2D eigenvalue weighted by Crippen LogP contribution is 2.39. The fraction of sp³-hybridized carbons (Fsp3) is 0.0303. The summed E-state index contributed by atoms with van der Waals surface area (Å²) in [4.78, 5) is 4.68. The number of aryl methyl sites for hydroxylation is 2. The van der Waals surface area contributed by atoms with Crippen LogP contribution in [0.3, 0.4) is 0 Å². The Labute approximate surface area is 401 Å². The maximum absolute atomic E-state index is 2.34. The summed E-state index contributed by atoms with van der Waals surface area (Å²) in [6.45, 7) is 4.30. The second-order valence-electron chi connectivity index (χ2n) is 17.2. The lowest BCUT2D eigenvalue weighted by atomic mass is 9.95. The highest BCUT2D eigenvalue weighted by atomic mass is 15.1. The summed E-state index contributed by atoms with van der Waals surface area (Å²) < 4.78 is 0. The Morgan fingerprint density at radius 2 is 0.544 bits per heavy atom. The first kappa shape index (κ1) is 43.2. The lowest BCUT2D eigenvalue weighted by Crippen LogP contribution is -2.10. The molecule has 0 saturated heterocycles. The van der Waals surface area contributed by atoms with Crippen molar-refractivity contribution in [1.82, 2.24) is 0 Å². The topological polar surface area (TPSA) is 6.48 Å². The average Bonchev–Trinajstić information content (AvgIpc) is 3.40. The van der Waals surface area contributed by atoms with E-state index in [1.54, 1.807) is 0 Å². The first-order chi connectivity index (χ1) is 33.5. The molecule has 326 valence electrons. The van der Waals surface area contributed by atoms with Gasteiger partial charge in [-0.2, -0.15) is 0 Å². The molecule has 0 N–H and O–H groups in total. The number of anilines is 6. The Balaban J connectivity index is 0.936. The molecule has 0 spiro atoms. The molecule has 2 nitrogen and oxygen atoms in total. The summed E-state index contributed by atoms with van der Waals surface area (Å²) >= 11 is 0. The molecule has 0 aromatic heterocycles. The second kappa shape index (κ2) is 20.2. The van der Waals surface area contributed by atoms with Gasteiger partial charge in [0, 0.05) is 34.1 Å². The van der Waals surface area contributed by atoms with Crippen LogP contribution in [0.15, 0.2) is 267 Å². The van der Waals surface area contributed by atoms with E-state index in [4.69, 9.17) is 0 Å². The molecule has 0 aliphatic heterocycles. The predicted molar refractivity (Wildman–Crippen MR) is 290 cm³/mol. The zero-order chi connectivity index (χ0) is 46.1. The number of rotatable bonds is 13. The van der Waals surface area contributed by atoms with Crippen LogP contribution in [0.2, 0.25) is 0 Å². The van der Waals surface area contributed by atoms with Crippen LogP contribution in [-0.4, -0.2) is 0 Å². The van der Waals surface area contributed by atoms with Gasteiger partial charge in [-0.3, -0.25) is 0 Å². The van der Waals surface area contributed by atoms with E-state index in [1.165, 1.54) is 44.5 Å². The molecule has 0 aliphatic carbocycles. The summed E-state index contributed by atoms with van der Waals surface area (Å²) in [7, 11) is 0. The molecule has 0 aliphatic rings. The van der Waals surface area contributed by atoms with E-state index in [2.05, 4.69) is 303 Å². The van der Waals surface area contributed by atoms with Gasteiger partial charge in [0.25, 0.3) is 0 Å². The highest BCUT2D eigenvalue weighted by molar-refractivity contribution is 5.93. The summed E-state index contributed by atoms with van der Waals surface area (Å²) in [6.07, 6.45) is 4.57. The van der Waals surface area contributed by atoms with Gasteiger partial charge in [-0.05, 0) is 166 Å². The minimum atomic E-state index is 1.09. The number of benzene rings is 10. The molecule has 10 aromatic rings. The van der Waals surface area contributed by atoms with Crippen molar-refractivity contribution >= 4 is 57.4 Å². The largest absolute Gasteiger partial charge is 0.310 e. The molecule has 0 amide bonds. The maximum atomic E-state index is 2.34. The van der Waals surface area contributed by atoms with Crippen LogP contribution in [0, 0.1) is 13.8 Å². The standard InChI is InChI=1S/C66H52N2/c1-49-17-15-27-63(45-49)67(59-37-29-51(30-38-59)47-65(55-19-7-3-8-20-55)56-21-9-4-10-22-56)61-41-33-53(34-42-61)54-35-43-62(44-36-54)68(64-28-16-18-50(2)46-64)60-39-31-52(32-40-60)48-66(57-23-11-5-12-24-57)58-25-13-6-14-26-58/h3-48H,1-2H3. The lowest BCUT2D eigenvalue weighted by molar-refractivity contribution is 1.27. The Morgan fingerprint density at radius 3 is 0.824 bits per heavy atom. The molecule has 10 rings (SSSR count). The zero-order valence-electron chi connectivity index (χ0n) is 38.5. The van der Waals surface area contributed by atoms with Crippen LogP contribution in [0.1, 0.15) is 44.5 Å². The van der Waals surface area contributed by atoms with Crippen LogP contribution in [0.4, 0.5) is 34.1 Å². The number of nitrogens with zero attached hydrogens (tertiary/aromatic N) is 2. The van der Waals surface area contributed by atoms with E-state index in [-0.39, 0.29) is 0 Å². The molecule has 2 heteroatoms. The van der Waals surface area contributed by atoms with Crippen LogP contribution in [-0.2, 0) is 0 Å². The van der Waals surface area contributed by atoms with E-state index in [0.717, 1.165) is 56.4 Å². The summed E-state index contributed by atoms with van der Waals surface area (Å²) in [5, 5.41) is 0. The van der Waals surface area contributed by atoms with Crippen molar-refractivity contribution in [3.63, 3.8) is 0 Å². The molecule has 68 heavy (non-hydrogen) atoms. The second-order valence-corrected chi connectivity index (χ2v) is 17.2. The van der Waals surface area contributed by atoms with Crippen LogP contribution < -0.4 is 9.80 Å². The van der Waals surface area contributed by atoms with Crippen LogP contribution in [0.5, 0.6) is 0 Å². The summed E-state index contributed by atoms with van der Waals surface area (Å²) in [6, 6.07) is 95.6. The first-order valence-corrected chi connectivity index (χ1v) is 23.3. The molecule has 0 bridgehead atoms. The zero-order valence-corrected chi connectivity index (χ0v) is 38.5. The fourth-order valence-corrected chi connectivity index (χ4v) is 8.94. The Kier molecular flexibility index (Phi) is 12.8. The van der Waals surface area contributed by atoms with Crippen molar-refractivity contribution in [3.8, 4) is 11.1 Å². The van der Waals surface area contributed by atoms with Crippen molar-refractivity contribution in [1.29, 1.82) is 0 Å². The SMILES string of the molecule is Cc1cccc(N(c2ccc(C=C(c3ccccc3)c3ccccc3)cc2)c2ccc(-c3ccc(N(c4ccc(C=C(c5ccccc5)c5ccccc5)cc4)c4cccc(C)c4)cc3)cc2)c1. The van der Waals surface area contributed by atoms with Crippen LogP contribution in [0.25, 0.3) is 34.4 Å². The van der Waals surface area contributed by atoms with Gasteiger partial charge in [0.05, 0.1) is 0 Å². The van der Waals surface area contributed by atoms with Gasteiger partial charge < -0.3 is 9.80 Å². The van der Waals surface area contributed by atoms with Crippen LogP contribution >= 0.6 is 0 Å². The molecule has 0 fully saturated rings. The van der Waals surface area contributed by atoms with E-state index in [0.29, 0.717) is 0 Å². The third kappa shape index (κ3) is 9.91. The molecule has 0 radical (unpaired) electrons. The molecule has 0 heterocycles. The third-order valence-corrected chi connectivity index (χ3v) is 12.4. The molecular formula is C66H52N2. The normalized spacial score (nSPS) is 10.8. The maximum Gasteiger partial charge on any atom is 0.0464 e. The highest BCUT2D eigenvalue weighted by Gasteiger charge is 2.16.